The molecule has 10 heavy (non-hydrogen) atoms. The number of nitrogens with zero attached hydrogens (tertiary/aromatic N) is 1. The number of methoxy groups -OCH3 is 1. The van der Waals surface area contributed by atoms with Gasteiger partial charge in [-0.15, -0.1) is 0 Å². The van der Waals surface area contributed by atoms with E-state index in [9.17, 15) is 0 Å². The third-order valence-corrected chi connectivity index (χ3v) is 2.04. The van der Waals surface area contributed by atoms with Gasteiger partial charge in [0.2, 0.25) is 0 Å². The minimum absolute atomic E-state index is 0.478. The molecule has 0 unspecified atom stereocenters. The van der Waals surface area contributed by atoms with Gasteiger partial charge in [0, 0.05) is 20.2 Å². The van der Waals surface area contributed by atoms with Crippen molar-refractivity contribution in [2.24, 2.45) is 0 Å². The highest BCUT2D eigenvalue weighted by molar-refractivity contribution is 4.75. The third kappa shape index (κ3) is 1.96. The van der Waals surface area contributed by atoms with E-state index in [0.29, 0.717) is 6.10 Å². The van der Waals surface area contributed by atoms with Crippen molar-refractivity contribution < 1.29 is 4.74 Å². The number of hydrogen-bond donors (Lipinski definition) is 0. The first-order valence-corrected chi connectivity index (χ1v) is 3.91. The second kappa shape index (κ2) is 3.94. The van der Waals surface area contributed by atoms with Crippen molar-refractivity contribution in [1.29, 1.82) is 0 Å². The molecule has 0 amide bonds. The standard InChI is InChI=1S/C8H16NO/c1-3-5-9-6-4-8(7-9)10-2/h8H,1,3-7H2,2H3/t8-/m0/s1. The van der Waals surface area contributed by atoms with Crippen molar-refractivity contribution in [3.8, 4) is 0 Å². The zero-order chi connectivity index (χ0) is 7.40. The predicted molar refractivity (Wildman–Crippen MR) is 41.8 cm³/mol. The van der Waals surface area contributed by atoms with Crippen LogP contribution in [0, 0.1) is 6.92 Å². The van der Waals surface area contributed by atoms with Crippen LogP contribution >= 0.6 is 0 Å². The molecule has 0 aliphatic carbocycles. The lowest BCUT2D eigenvalue weighted by Gasteiger charge is -2.13. The maximum Gasteiger partial charge on any atom is 0.0710 e. The number of likely N-dealkylation sites (tertiary alicyclic amines) is 1. The molecule has 1 rings (SSSR count). The highest BCUT2D eigenvalue weighted by Crippen LogP contribution is 2.11. The summed E-state index contributed by atoms with van der Waals surface area (Å²) >= 11 is 0. The number of hydrogen-bond acceptors (Lipinski definition) is 2. The van der Waals surface area contributed by atoms with Crippen molar-refractivity contribution in [3.05, 3.63) is 6.92 Å². The van der Waals surface area contributed by atoms with E-state index in [1.54, 1.807) is 7.11 Å². The third-order valence-electron chi connectivity index (χ3n) is 2.04. The van der Waals surface area contributed by atoms with Crippen molar-refractivity contribution in [3.63, 3.8) is 0 Å². The van der Waals surface area contributed by atoms with E-state index in [2.05, 4.69) is 11.8 Å². The quantitative estimate of drug-likeness (QED) is 0.581. The van der Waals surface area contributed by atoms with Crippen LogP contribution in [0.4, 0.5) is 0 Å². The van der Waals surface area contributed by atoms with E-state index in [1.807, 2.05) is 0 Å². The Labute approximate surface area is 63.2 Å². The Morgan fingerprint density at radius 3 is 3.00 bits per heavy atom. The van der Waals surface area contributed by atoms with Crippen molar-refractivity contribution in [2.45, 2.75) is 18.9 Å². The Morgan fingerprint density at radius 2 is 2.50 bits per heavy atom. The Morgan fingerprint density at radius 1 is 1.70 bits per heavy atom. The first-order valence-electron chi connectivity index (χ1n) is 3.91. The van der Waals surface area contributed by atoms with Gasteiger partial charge in [0.1, 0.15) is 0 Å². The van der Waals surface area contributed by atoms with Gasteiger partial charge in [-0.1, -0.05) is 6.92 Å². The summed E-state index contributed by atoms with van der Waals surface area (Å²) in [6, 6.07) is 0. The van der Waals surface area contributed by atoms with Crippen molar-refractivity contribution in [1.82, 2.24) is 4.90 Å². The summed E-state index contributed by atoms with van der Waals surface area (Å²) in [6.07, 6.45) is 2.68. The molecule has 1 aliphatic rings. The Kier molecular flexibility index (Phi) is 3.16. The fourth-order valence-corrected chi connectivity index (χ4v) is 1.42. The van der Waals surface area contributed by atoms with Crippen LogP contribution in [0.1, 0.15) is 12.8 Å². The van der Waals surface area contributed by atoms with Crippen molar-refractivity contribution in [2.75, 3.05) is 26.7 Å². The topological polar surface area (TPSA) is 12.5 Å². The van der Waals surface area contributed by atoms with Gasteiger partial charge in [-0.25, -0.2) is 0 Å². The summed E-state index contributed by atoms with van der Waals surface area (Å²) < 4.78 is 5.23. The van der Waals surface area contributed by atoms with E-state index >= 15 is 0 Å². The Hall–Kier alpha value is -0.0800. The molecule has 1 aliphatic heterocycles. The van der Waals surface area contributed by atoms with Gasteiger partial charge in [-0.3, -0.25) is 0 Å². The lowest BCUT2D eigenvalue weighted by Crippen LogP contribution is -2.23. The molecule has 0 N–H and O–H groups in total. The fourth-order valence-electron chi connectivity index (χ4n) is 1.42. The average molecular weight is 142 g/mol. The van der Waals surface area contributed by atoms with Crippen LogP contribution in [0.25, 0.3) is 0 Å². The monoisotopic (exact) mass is 142 g/mol. The molecule has 1 atom stereocenters. The first-order chi connectivity index (χ1) is 4.86. The highest BCUT2D eigenvalue weighted by atomic mass is 16.5. The molecular formula is C8H16NO. The molecule has 2 nitrogen and oxygen atoms in total. The molecule has 0 aromatic rings. The Bertz CT molecular complexity index is 95.3. The van der Waals surface area contributed by atoms with Crippen LogP contribution in [0.15, 0.2) is 0 Å². The summed E-state index contributed by atoms with van der Waals surface area (Å²) in [4.78, 5) is 2.40. The Balaban J connectivity index is 2.15. The molecule has 59 valence electrons. The van der Waals surface area contributed by atoms with Gasteiger partial charge in [-0.2, -0.15) is 0 Å². The largest absolute Gasteiger partial charge is 0.380 e. The first kappa shape index (κ1) is 8.02. The maximum absolute atomic E-state index is 5.23. The average Bonchev–Trinajstić information content (AvgIpc) is 2.37. The molecule has 0 saturated carbocycles. The fraction of sp³-hybridized carbons (Fsp3) is 0.875. The molecule has 1 radical (unpaired) electrons. The van der Waals surface area contributed by atoms with E-state index in [-0.39, 0.29) is 0 Å². The van der Waals surface area contributed by atoms with Gasteiger partial charge in [0.15, 0.2) is 0 Å². The molecule has 0 aromatic heterocycles. The van der Waals surface area contributed by atoms with E-state index in [0.717, 1.165) is 19.5 Å². The van der Waals surface area contributed by atoms with Crippen LogP contribution in [0.3, 0.4) is 0 Å². The molecular weight excluding hydrogens is 126 g/mol. The van der Waals surface area contributed by atoms with Crippen LogP contribution in [0.2, 0.25) is 0 Å². The summed E-state index contributed by atoms with van der Waals surface area (Å²) in [7, 11) is 1.79. The zero-order valence-electron chi connectivity index (χ0n) is 6.68. The van der Waals surface area contributed by atoms with E-state index < -0.39 is 0 Å². The molecule has 0 aromatic carbocycles. The lowest BCUT2D eigenvalue weighted by molar-refractivity contribution is 0.108. The van der Waals surface area contributed by atoms with Crippen LogP contribution in [-0.2, 0) is 4.74 Å². The van der Waals surface area contributed by atoms with Gasteiger partial charge in [0.25, 0.3) is 0 Å². The molecule has 2 heteroatoms. The molecule has 1 saturated heterocycles. The second-order valence-electron chi connectivity index (χ2n) is 2.80. The minimum Gasteiger partial charge on any atom is -0.380 e. The SMILES string of the molecule is [CH2]CCN1CC[C@H](OC)C1. The van der Waals surface area contributed by atoms with Crippen molar-refractivity contribution >= 4 is 0 Å². The summed E-state index contributed by atoms with van der Waals surface area (Å²) in [5.74, 6) is 0. The van der Waals surface area contributed by atoms with Crippen LogP contribution in [0.5, 0.6) is 0 Å². The van der Waals surface area contributed by atoms with E-state index in [1.165, 1.54) is 13.0 Å². The predicted octanol–water partition coefficient (Wildman–Crippen LogP) is 0.931. The number of ether oxygens (including phenoxy) is 1. The van der Waals surface area contributed by atoms with Gasteiger partial charge in [-0.05, 0) is 19.4 Å². The maximum atomic E-state index is 5.23. The minimum atomic E-state index is 0.478. The molecule has 0 spiro atoms. The van der Waals surface area contributed by atoms with Crippen LogP contribution < -0.4 is 0 Å². The summed E-state index contributed by atoms with van der Waals surface area (Å²) in [5.41, 5.74) is 0. The van der Waals surface area contributed by atoms with Gasteiger partial charge < -0.3 is 9.64 Å². The number of rotatable bonds is 3. The molecule has 1 heterocycles. The lowest BCUT2D eigenvalue weighted by atomic mass is 10.3. The second-order valence-corrected chi connectivity index (χ2v) is 2.80. The van der Waals surface area contributed by atoms with Gasteiger partial charge >= 0.3 is 0 Å². The zero-order valence-corrected chi connectivity index (χ0v) is 6.68. The molecule has 1 fully saturated rings. The molecule has 0 bridgehead atoms. The summed E-state index contributed by atoms with van der Waals surface area (Å²) in [6.45, 7) is 7.23. The van der Waals surface area contributed by atoms with Crippen LogP contribution in [-0.4, -0.2) is 37.7 Å². The van der Waals surface area contributed by atoms with Gasteiger partial charge in [0.05, 0.1) is 6.10 Å². The normalized spacial score (nSPS) is 27.6. The summed E-state index contributed by atoms with van der Waals surface area (Å²) in [5, 5.41) is 0. The smallest absolute Gasteiger partial charge is 0.0710 e. The highest BCUT2D eigenvalue weighted by Gasteiger charge is 2.20. The van der Waals surface area contributed by atoms with E-state index in [4.69, 9.17) is 4.74 Å².